The molecule has 0 rings (SSSR count). The molecule has 0 bridgehead atoms. The molecular formula is C8F24MgMnN4O16S8. The van der Waals surface area contributed by atoms with Crippen LogP contribution in [0.25, 0.3) is 16.5 Å². The Labute approximate surface area is 351 Å². The van der Waals surface area contributed by atoms with Crippen LogP contribution >= 0.6 is 0 Å². The third kappa shape index (κ3) is 22.0. The van der Waals surface area contributed by atoms with Gasteiger partial charge >= 0.3 is 84.2 Å². The molecule has 0 aromatic carbocycles. The van der Waals surface area contributed by atoms with Crippen molar-refractivity contribution in [2.45, 2.75) is 44.1 Å². The van der Waals surface area contributed by atoms with Gasteiger partial charge in [-0.15, -0.1) is 0 Å². The molecule has 0 atom stereocenters. The average Bonchev–Trinajstić information content (AvgIpc) is 2.82. The first-order chi connectivity index (χ1) is 24.8. The summed E-state index contributed by atoms with van der Waals surface area (Å²) in [6, 6.07) is 0. The Morgan fingerprint density at radius 1 is 0.194 bits per heavy atom. The van der Waals surface area contributed by atoms with Crippen molar-refractivity contribution in [3.05, 3.63) is 16.5 Å². The van der Waals surface area contributed by atoms with Gasteiger partial charge in [0.25, 0.3) is 0 Å². The van der Waals surface area contributed by atoms with Crippen LogP contribution in [0.1, 0.15) is 0 Å². The van der Waals surface area contributed by atoms with E-state index in [4.69, 9.17) is 0 Å². The molecule has 0 heterocycles. The van der Waals surface area contributed by atoms with Gasteiger partial charge in [0, 0.05) is 0 Å². The first-order valence-electron chi connectivity index (χ1n) is 10.3. The standard InChI is InChI=1S/4C2F6NO4S2.Mg.Mn/c4*3-1(4,5)14(10,11)9-15(12,13)2(6,7)8;;/q4*-1;2*+2. The normalized spacial score (nSPS) is 14.8. The molecule has 0 aliphatic heterocycles. The van der Waals surface area contributed by atoms with Crippen LogP contribution in [0.4, 0.5) is 105 Å². The van der Waals surface area contributed by atoms with Gasteiger partial charge in [-0.05, 0) is 0 Å². The average molecular weight is 1200 g/mol. The molecule has 54 heteroatoms. The molecule has 0 aliphatic carbocycles. The van der Waals surface area contributed by atoms with Crippen LogP contribution in [0.15, 0.2) is 0 Å². The van der Waals surface area contributed by atoms with E-state index in [1.54, 1.807) is 0 Å². The number of hydrogen-bond acceptors (Lipinski definition) is 16. The number of halogens is 24. The van der Waals surface area contributed by atoms with Crippen molar-refractivity contribution in [3.63, 3.8) is 0 Å². The molecule has 0 amide bonds. The first-order valence-corrected chi connectivity index (χ1v) is 21.8. The third-order valence-corrected chi connectivity index (χ3v) is 14.1. The SMILES string of the molecule is O=S(=O)([N-]S(=O)(=O)C(F)(F)F)C(F)(F)F.O=S(=O)([N-]S(=O)(=O)C(F)(F)F)C(F)(F)F.O=S(=O)([N-]S(=O)(=O)C(F)(F)F)C(F)(F)F.O=S(=O)([N-]S(=O)(=O)C(F)(F)F)C(F)(F)F.[Mg+2].[Mn+2]. The number of rotatable bonds is 8. The smallest absolute Gasteiger partial charge is 0.421 e. The maximum Gasteiger partial charge on any atom is 2.00 e. The summed E-state index contributed by atoms with van der Waals surface area (Å²) >= 11 is 0. The van der Waals surface area contributed by atoms with E-state index < -0.39 is 124 Å². The van der Waals surface area contributed by atoms with Crippen LogP contribution in [0.5, 0.6) is 0 Å². The molecule has 0 fully saturated rings. The summed E-state index contributed by atoms with van der Waals surface area (Å²) in [5.74, 6) is 0. The summed E-state index contributed by atoms with van der Waals surface area (Å²) in [7, 11) is -53.8. The zero-order valence-corrected chi connectivity index (χ0v) is 34.9. The van der Waals surface area contributed by atoms with Gasteiger partial charge in [-0.2, -0.15) is 105 Å². The molecule has 0 unspecified atom stereocenters. The number of sulfonamides is 8. The zero-order valence-electron chi connectivity index (χ0n) is 25.7. The van der Waals surface area contributed by atoms with Crippen molar-refractivity contribution in [1.82, 2.24) is 0 Å². The molecule has 0 N–H and O–H groups in total. The Bertz CT molecular complexity index is 1900. The van der Waals surface area contributed by atoms with E-state index in [1.807, 2.05) is 0 Å². The van der Waals surface area contributed by atoms with Crippen molar-refractivity contribution in [1.29, 1.82) is 0 Å². The molecule has 0 saturated carbocycles. The minimum atomic E-state index is -6.72. The largest absolute Gasteiger partial charge is 2.00 e. The van der Waals surface area contributed by atoms with Crippen molar-refractivity contribution >= 4 is 103 Å². The molecule has 20 nitrogen and oxygen atoms in total. The van der Waals surface area contributed by atoms with Gasteiger partial charge < -0.3 is 16.5 Å². The molecule has 373 valence electrons. The van der Waals surface area contributed by atoms with Crippen LogP contribution in [0, 0.1) is 0 Å². The van der Waals surface area contributed by atoms with Crippen molar-refractivity contribution < 1.29 is 190 Å². The Hall–Kier alpha value is -0.954. The Morgan fingerprint density at radius 3 is 0.274 bits per heavy atom. The van der Waals surface area contributed by atoms with Crippen LogP contribution in [0.2, 0.25) is 0 Å². The molecule has 0 aromatic heterocycles. The maximum absolute atomic E-state index is 11.4. The van der Waals surface area contributed by atoms with Crippen molar-refractivity contribution in [2.75, 3.05) is 0 Å². The second kappa shape index (κ2) is 21.3. The van der Waals surface area contributed by atoms with E-state index >= 15 is 0 Å². The molecule has 0 aromatic rings. The van der Waals surface area contributed by atoms with Gasteiger partial charge in [0.1, 0.15) is 0 Å². The number of alkyl halides is 24. The van der Waals surface area contributed by atoms with E-state index in [-0.39, 0.29) is 40.1 Å². The molecular weight excluding hydrogens is 1200 g/mol. The summed E-state index contributed by atoms with van der Waals surface area (Å²) < 4.78 is 437. The summed E-state index contributed by atoms with van der Waals surface area (Å²) in [5.41, 5.74) is -49.6. The van der Waals surface area contributed by atoms with Gasteiger partial charge in [-0.3, -0.25) is 0 Å². The monoisotopic (exact) mass is 1200 g/mol. The topological polar surface area (TPSA) is 330 Å². The van der Waals surface area contributed by atoms with E-state index in [9.17, 15) is 173 Å². The van der Waals surface area contributed by atoms with Gasteiger partial charge in [0.2, 0.25) is 0 Å². The molecule has 0 spiro atoms. The predicted molar refractivity (Wildman–Crippen MR) is 139 cm³/mol. The van der Waals surface area contributed by atoms with E-state index in [1.165, 1.54) is 0 Å². The Balaban J connectivity index is -0.000000167. The fourth-order valence-electron chi connectivity index (χ4n) is 0.855. The fourth-order valence-corrected chi connectivity index (χ4v) is 7.69. The second-order valence-corrected chi connectivity index (χ2v) is 21.4. The summed E-state index contributed by atoms with van der Waals surface area (Å²) in [6.07, 6.45) is 0. The molecule has 62 heavy (non-hydrogen) atoms. The zero-order chi connectivity index (χ0) is 50.8. The maximum atomic E-state index is 11.4. The van der Waals surface area contributed by atoms with Crippen molar-refractivity contribution in [3.8, 4) is 0 Å². The predicted octanol–water partition coefficient (Wildman–Crippen LogP) is 3.85. The van der Waals surface area contributed by atoms with Crippen LogP contribution in [-0.2, 0) is 97.3 Å². The van der Waals surface area contributed by atoms with Gasteiger partial charge in [0.15, 0.2) is 80.2 Å². The van der Waals surface area contributed by atoms with Gasteiger partial charge in [-0.1, -0.05) is 0 Å². The third-order valence-electron chi connectivity index (χ3n) is 3.12. The summed E-state index contributed by atoms with van der Waals surface area (Å²) in [6.45, 7) is 0. The van der Waals surface area contributed by atoms with Crippen molar-refractivity contribution in [2.24, 2.45) is 0 Å². The summed E-state index contributed by atoms with van der Waals surface area (Å²) in [4.78, 5) is 0. The van der Waals surface area contributed by atoms with Crippen LogP contribution in [-0.4, -0.2) is 134 Å². The van der Waals surface area contributed by atoms with E-state index in [0.717, 1.165) is 16.5 Å². The quantitative estimate of drug-likeness (QED) is 0.246. The van der Waals surface area contributed by atoms with Gasteiger partial charge in [0.05, 0.1) is 0 Å². The minimum absolute atomic E-state index is 0. The molecule has 0 aliphatic rings. The first kappa shape index (κ1) is 72.6. The van der Waals surface area contributed by atoms with Crippen LogP contribution < -0.4 is 0 Å². The second-order valence-electron chi connectivity index (χ2n) is 7.66. The molecule has 0 saturated heterocycles. The Kier molecular flexibility index (Phi) is 25.0. The number of hydrogen-bond donors (Lipinski definition) is 0. The minimum Gasteiger partial charge on any atom is -0.421 e. The number of nitrogens with zero attached hydrogens (tertiary/aromatic N) is 4. The van der Waals surface area contributed by atoms with Crippen LogP contribution in [0.3, 0.4) is 0 Å². The Morgan fingerprint density at radius 2 is 0.242 bits per heavy atom. The van der Waals surface area contributed by atoms with Gasteiger partial charge in [-0.25, -0.2) is 67.3 Å². The fraction of sp³-hybridized carbons (Fsp3) is 1.00. The summed E-state index contributed by atoms with van der Waals surface area (Å²) in [5, 5.41) is 0. The molecule has 1 radical (unpaired) electrons. The van der Waals surface area contributed by atoms with E-state index in [2.05, 4.69) is 0 Å². The van der Waals surface area contributed by atoms with E-state index in [0.29, 0.717) is 0 Å².